The van der Waals surface area contributed by atoms with Crippen molar-refractivity contribution >= 4 is 41.4 Å². The summed E-state index contributed by atoms with van der Waals surface area (Å²) in [5.41, 5.74) is 6.30. The summed E-state index contributed by atoms with van der Waals surface area (Å²) in [5.74, 6) is -4.25. The number of nitrogens with one attached hydrogen (secondary N) is 9. The van der Waals surface area contributed by atoms with Crippen LogP contribution in [0.1, 0.15) is 64.9 Å². The monoisotopic (exact) mass is 810 g/mol. The molecule has 3 aliphatic heterocycles. The third-order valence-electron chi connectivity index (χ3n) is 12.0. The van der Waals surface area contributed by atoms with Crippen molar-refractivity contribution in [1.82, 2.24) is 47.9 Å². The molecule has 0 bridgehead atoms. The predicted octanol–water partition coefficient (Wildman–Crippen LogP) is -2.37. The maximum absolute atomic E-state index is 13.7. The fourth-order valence-corrected chi connectivity index (χ4v) is 8.48. The van der Waals surface area contributed by atoms with Gasteiger partial charge < -0.3 is 58.7 Å². The Kier molecular flexibility index (Phi) is 15.8. The number of hydrogen-bond acceptors (Lipinski definition) is 11. The molecular formula is C40H62N10O8. The van der Waals surface area contributed by atoms with Crippen LogP contribution in [0.5, 0.6) is 5.75 Å². The fourth-order valence-electron chi connectivity index (χ4n) is 8.48. The van der Waals surface area contributed by atoms with Gasteiger partial charge in [-0.05, 0) is 42.9 Å². The second kappa shape index (κ2) is 20.7. The van der Waals surface area contributed by atoms with E-state index in [1.165, 1.54) is 0 Å². The van der Waals surface area contributed by atoms with Crippen LogP contribution in [-0.4, -0.2) is 122 Å². The van der Waals surface area contributed by atoms with E-state index >= 15 is 0 Å². The van der Waals surface area contributed by atoms with Crippen molar-refractivity contribution in [2.45, 2.75) is 102 Å². The number of aromatic hydroxyl groups is 1. The Balaban J connectivity index is 1.15. The molecule has 18 heteroatoms. The van der Waals surface area contributed by atoms with Crippen molar-refractivity contribution in [2.75, 3.05) is 39.3 Å². The van der Waals surface area contributed by atoms with Crippen molar-refractivity contribution in [1.29, 1.82) is 0 Å². The molecule has 0 spiro atoms. The van der Waals surface area contributed by atoms with E-state index in [-0.39, 0.29) is 66.0 Å². The average molecular weight is 811 g/mol. The first kappa shape index (κ1) is 44.3. The molecule has 10 atom stereocenters. The van der Waals surface area contributed by atoms with Gasteiger partial charge in [0.2, 0.25) is 41.4 Å². The van der Waals surface area contributed by atoms with Crippen LogP contribution < -0.4 is 53.6 Å². The SMILES string of the molecule is CCC(=O)NC1CCCC1C(=O)N[C@H](CC(=O)NC1CNCC1C(=O)NC1CNCC1C(=O)N[C@H](CC(=O)NC1CNCC1C(N)=O)C(C)C)Cc1ccc(O)cc1. The summed E-state index contributed by atoms with van der Waals surface area (Å²) in [5, 5.41) is 37.1. The first-order valence-electron chi connectivity index (χ1n) is 20.7. The zero-order valence-electron chi connectivity index (χ0n) is 33.7. The highest BCUT2D eigenvalue weighted by Crippen LogP contribution is 2.27. The van der Waals surface area contributed by atoms with Crippen LogP contribution in [0.25, 0.3) is 0 Å². The summed E-state index contributed by atoms with van der Waals surface area (Å²) in [4.78, 5) is 91.4. The topological polar surface area (TPSA) is 274 Å². The van der Waals surface area contributed by atoms with Crippen LogP contribution in [-0.2, 0) is 40.0 Å². The summed E-state index contributed by atoms with van der Waals surface area (Å²) >= 11 is 0. The number of rotatable bonds is 18. The summed E-state index contributed by atoms with van der Waals surface area (Å²) in [6.07, 6.45) is 2.70. The number of benzene rings is 1. The van der Waals surface area contributed by atoms with Gasteiger partial charge in [-0.2, -0.15) is 0 Å². The number of phenols is 1. The molecular weight excluding hydrogens is 749 g/mol. The van der Waals surface area contributed by atoms with E-state index in [1.807, 2.05) is 13.8 Å². The lowest BCUT2D eigenvalue weighted by molar-refractivity contribution is -0.129. The predicted molar refractivity (Wildman–Crippen MR) is 213 cm³/mol. The maximum Gasteiger partial charge on any atom is 0.226 e. The van der Waals surface area contributed by atoms with Crippen molar-refractivity contribution in [3.05, 3.63) is 29.8 Å². The number of hydrogen-bond donors (Lipinski definition) is 11. The normalized spacial score (nSPS) is 27.7. The van der Waals surface area contributed by atoms with E-state index in [0.717, 1.165) is 12.0 Å². The average Bonchev–Trinajstić information content (AvgIpc) is 4.00. The van der Waals surface area contributed by atoms with E-state index < -0.39 is 59.8 Å². The molecule has 8 unspecified atom stereocenters. The summed E-state index contributed by atoms with van der Waals surface area (Å²) in [6.45, 7) is 7.73. The molecule has 320 valence electrons. The molecule has 3 heterocycles. The van der Waals surface area contributed by atoms with Crippen molar-refractivity contribution in [2.24, 2.45) is 35.3 Å². The molecule has 4 fully saturated rings. The standard InChI is InChI=1S/C40H62N10O8/c1-4-34(52)46-29-7-5-6-25(29)38(56)45-23(12-22-8-10-24(51)11-9-22)13-35(53)48-32-19-43-16-27(32)40(58)50-33-20-44-17-28(33)39(57)49-30(21(2)3)14-36(54)47-31-18-42-15-26(31)37(41)55/h8-11,21,23,25-33,42-44,51H,4-7,12-20H2,1-3H3,(H2,41,55)(H,45,56)(H,46,52)(H,47,54)(H,48,53)(H,49,57)(H,50,58)/t23-,25?,26?,27?,28?,29?,30+,31?,32?,33?/m0/s1. The Labute approximate surface area is 339 Å². The fraction of sp³-hybridized carbons (Fsp3) is 0.675. The van der Waals surface area contributed by atoms with Gasteiger partial charge >= 0.3 is 0 Å². The number of primary amides is 1. The Morgan fingerprint density at radius 2 is 1.19 bits per heavy atom. The second-order valence-corrected chi connectivity index (χ2v) is 16.6. The number of carbonyl (C=O) groups is 7. The molecule has 3 saturated heterocycles. The smallest absolute Gasteiger partial charge is 0.226 e. The van der Waals surface area contributed by atoms with Crippen LogP contribution in [0.15, 0.2) is 24.3 Å². The lowest BCUT2D eigenvalue weighted by atomic mass is 9.95. The molecule has 12 N–H and O–H groups in total. The molecule has 5 rings (SSSR count). The van der Waals surface area contributed by atoms with E-state index in [4.69, 9.17) is 5.73 Å². The van der Waals surface area contributed by atoms with Gasteiger partial charge in [-0.3, -0.25) is 33.6 Å². The molecule has 18 nitrogen and oxygen atoms in total. The van der Waals surface area contributed by atoms with Gasteiger partial charge in [0.1, 0.15) is 5.75 Å². The van der Waals surface area contributed by atoms with Gasteiger partial charge in [0, 0.05) is 76.7 Å². The molecule has 1 aromatic carbocycles. The summed E-state index contributed by atoms with van der Waals surface area (Å²) in [7, 11) is 0. The van der Waals surface area contributed by atoms with Gasteiger partial charge in [0.05, 0.1) is 41.8 Å². The Bertz CT molecular complexity index is 1640. The Morgan fingerprint density at radius 1 is 0.655 bits per heavy atom. The largest absolute Gasteiger partial charge is 0.508 e. The van der Waals surface area contributed by atoms with Crippen molar-refractivity contribution < 1.29 is 38.7 Å². The third-order valence-corrected chi connectivity index (χ3v) is 12.0. The van der Waals surface area contributed by atoms with Crippen LogP contribution in [0, 0.1) is 29.6 Å². The molecule has 7 amide bonds. The number of amides is 7. The van der Waals surface area contributed by atoms with Crippen LogP contribution in [0.4, 0.5) is 0 Å². The van der Waals surface area contributed by atoms with Gasteiger partial charge in [-0.15, -0.1) is 0 Å². The molecule has 1 aromatic rings. The van der Waals surface area contributed by atoms with Gasteiger partial charge in [-0.25, -0.2) is 0 Å². The molecule has 58 heavy (non-hydrogen) atoms. The molecule has 0 aromatic heterocycles. The molecule has 1 aliphatic carbocycles. The van der Waals surface area contributed by atoms with Crippen LogP contribution in [0.3, 0.4) is 0 Å². The minimum absolute atomic E-state index is 0.00936. The van der Waals surface area contributed by atoms with E-state index in [1.54, 1.807) is 31.2 Å². The molecule has 4 aliphatic rings. The lowest BCUT2D eigenvalue weighted by Gasteiger charge is -2.28. The second-order valence-electron chi connectivity index (χ2n) is 16.6. The number of carbonyl (C=O) groups excluding carboxylic acids is 7. The molecule has 0 radical (unpaired) electrons. The minimum Gasteiger partial charge on any atom is -0.508 e. The van der Waals surface area contributed by atoms with Crippen molar-refractivity contribution in [3.63, 3.8) is 0 Å². The van der Waals surface area contributed by atoms with E-state index in [2.05, 4.69) is 47.9 Å². The Hall–Kier alpha value is -4.81. The van der Waals surface area contributed by atoms with Gasteiger partial charge in [0.15, 0.2) is 0 Å². The highest BCUT2D eigenvalue weighted by molar-refractivity contribution is 5.87. The van der Waals surface area contributed by atoms with Gasteiger partial charge in [-0.1, -0.05) is 39.3 Å². The molecule has 1 saturated carbocycles. The zero-order chi connectivity index (χ0) is 41.9. The van der Waals surface area contributed by atoms with E-state index in [9.17, 15) is 38.7 Å². The highest BCUT2D eigenvalue weighted by Gasteiger charge is 2.41. The maximum atomic E-state index is 13.7. The van der Waals surface area contributed by atoms with Crippen molar-refractivity contribution in [3.8, 4) is 5.75 Å². The van der Waals surface area contributed by atoms with Crippen LogP contribution >= 0.6 is 0 Å². The third kappa shape index (κ3) is 12.1. The first-order chi connectivity index (χ1) is 27.7. The minimum atomic E-state index is -0.624. The number of phenolic OH excluding ortho intramolecular Hbond substituents is 1. The number of nitrogens with two attached hydrogens (primary N) is 1. The summed E-state index contributed by atoms with van der Waals surface area (Å²) < 4.78 is 0. The lowest BCUT2D eigenvalue weighted by Crippen LogP contribution is -2.54. The zero-order valence-corrected chi connectivity index (χ0v) is 33.7. The Morgan fingerprint density at radius 3 is 1.79 bits per heavy atom. The summed E-state index contributed by atoms with van der Waals surface area (Å²) in [6, 6.07) is 3.69. The van der Waals surface area contributed by atoms with Gasteiger partial charge in [0.25, 0.3) is 0 Å². The quantitative estimate of drug-likeness (QED) is 0.0746. The highest BCUT2D eigenvalue weighted by atomic mass is 16.3. The van der Waals surface area contributed by atoms with E-state index in [0.29, 0.717) is 65.0 Å². The van der Waals surface area contributed by atoms with Crippen LogP contribution in [0.2, 0.25) is 0 Å². The first-order valence-corrected chi connectivity index (χ1v) is 20.7.